The fraction of sp³-hybridized carbons (Fsp3) is 0.889. The fourth-order valence-corrected chi connectivity index (χ4v) is 1.67. The summed E-state index contributed by atoms with van der Waals surface area (Å²) in [6, 6.07) is 0. The van der Waals surface area contributed by atoms with Gasteiger partial charge >= 0.3 is 0 Å². The third kappa shape index (κ3) is 1.61. The second-order valence-electron chi connectivity index (χ2n) is 4.02. The largest absolute Gasteiger partial charge is 0.369 e. The van der Waals surface area contributed by atoms with Gasteiger partial charge in [-0.1, -0.05) is 6.92 Å². The van der Waals surface area contributed by atoms with E-state index in [9.17, 15) is 13.6 Å². The molecule has 5 heteroatoms. The number of hydrogen-bond donors (Lipinski definition) is 1. The predicted molar refractivity (Wildman–Crippen MR) is 49.0 cm³/mol. The van der Waals surface area contributed by atoms with Crippen LogP contribution in [0.5, 0.6) is 0 Å². The first-order chi connectivity index (χ1) is 6.33. The van der Waals surface area contributed by atoms with Crippen molar-refractivity contribution in [3.05, 3.63) is 0 Å². The van der Waals surface area contributed by atoms with Crippen molar-refractivity contribution in [3.8, 4) is 0 Å². The number of rotatable bonds is 2. The molecule has 0 aromatic heterocycles. The van der Waals surface area contributed by atoms with Crippen LogP contribution < -0.4 is 5.73 Å². The summed E-state index contributed by atoms with van der Waals surface area (Å²) in [5.41, 5.74) is 3.34. The van der Waals surface area contributed by atoms with Crippen molar-refractivity contribution < 1.29 is 13.6 Å². The number of likely N-dealkylation sites (tertiary alicyclic amines) is 1. The van der Waals surface area contributed by atoms with Crippen molar-refractivity contribution in [1.82, 2.24) is 4.90 Å². The molecule has 14 heavy (non-hydrogen) atoms. The molecule has 1 aliphatic heterocycles. The van der Waals surface area contributed by atoms with E-state index in [2.05, 4.69) is 0 Å². The van der Waals surface area contributed by atoms with E-state index >= 15 is 0 Å². The van der Waals surface area contributed by atoms with Gasteiger partial charge in [0.15, 0.2) is 0 Å². The third-order valence-corrected chi connectivity index (χ3v) is 3.15. The van der Waals surface area contributed by atoms with Crippen LogP contribution in [0.2, 0.25) is 0 Å². The van der Waals surface area contributed by atoms with Crippen LogP contribution in [-0.4, -0.2) is 36.4 Å². The molecule has 1 atom stereocenters. The molecule has 0 radical (unpaired) electrons. The van der Waals surface area contributed by atoms with Crippen molar-refractivity contribution in [1.29, 1.82) is 0 Å². The van der Waals surface area contributed by atoms with Gasteiger partial charge in [0.2, 0.25) is 5.91 Å². The molecule has 0 bridgehead atoms. The van der Waals surface area contributed by atoms with Crippen LogP contribution in [0.25, 0.3) is 0 Å². The van der Waals surface area contributed by atoms with Gasteiger partial charge in [0.05, 0.1) is 6.54 Å². The lowest BCUT2D eigenvalue weighted by atomic mass is 9.76. The van der Waals surface area contributed by atoms with Crippen molar-refractivity contribution in [2.45, 2.75) is 26.2 Å². The van der Waals surface area contributed by atoms with Gasteiger partial charge in [-0.2, -0.15) is 0 Å². The smallest absolute Gasteiger partial charge is 0.274 e. The number of halogens is 2. The number of nitrogens with zero attached hydrogens (tertiary/aromatic N) is 1. The number of amides is 1. The van der Waals surface area contributed by atoms with E-state index in [-0.39, 0.29) is 13.0 Å². The molecule has 82 valence electrons. The molecular formula is C9H16F2N2O. The third-order valence-electron chi connectivity index (χ3n) is 3.15. The summed E-state index contributed by atoms with van der Waals surface area (Å²) in [5, 5.41) is 0. The zero-order chi connectivity index (χ0) is 11.0. The minimum Gasteiger partial charge on any atom is -0.369 e. The Labute approximate surface area is 82.2 Å². The Balaban J connectivity index is 2.87. The molecule has 1 saturated heterocycles. The van der Waals surface area contributed by atoms with Gasteiger partial charge in [0.25, 0.3) is 5.92 Å². The van der Waals surface area contributed by atoms with E-state index in [1.54, 1.807) is 4.90 Å². The zero-order valence-electron chi connectivity index (χ0n) is 8.52. The molecule has 1 rings (SSSR count). The topological polar surface area (TPSA) is 46.3 Å². The van der Waals surface area contributed by atoms with Gasteiger partial charge in [0, 0.05) is 0 Å². The van der Waals surface area contributed by atoms with Gasteiger partial charge < -0.3 is 5.73 Å². The van der Waals surface area contributed by atoms with Gasteiger partial charge in [-0.25, -0.2) is 8.78 Å². The van der Waals surface area contributed by atoms with E-state index in [1.807, 2.05) is 6.92 Å². The molecule has 0 spiro atoms. The highest BCUT2D eigenvalue weighted by molar-refractivity contribution is 5.81. The Hall–Kier alpha value is -0.710. The van der Waals surface area contributed by atoms with Gasteiger partial charge in [-0.15, -0.1) is 0 Å². The van der Waals surface area contributed by atoms with Crippen LogP contribution in [0, 0.1) is 5.41 Å². The van der Waals surface area contributed by atoms with Crippen molar-refractivity contribution >= 4 is 5.91 Å². The van der Waals surface area contributed by atoms with Gasteiger partial charge in [0.1, 0.15) is 5.41 Å². The molecule has 2 N–H and O–H groups in total. The Kier molecular flexibility index (Phi) is 2.81. The lowest BCUT2D eigenvalue weighted by Crippen LogP contribution is -2.59. The summed E-state index contributed by atoms with van der Waals surface area (Å²) in [4.78, 5) is 12.6. The summed E-state index contributed by atoms with van der Waals surface area (Å²) >= 11 is 0. The molecule has 1 aliphatic rings. The highest BCUT2D eigenvalue weighted by atomic mass is 19.3. The molecule has 1 heterocycles. The van der Waals surface area contributed by atoms with Crippen molar-refractivity contribution in [2.75, 3.05) is 19.6 Å². The van der Waals surface area contributed by atoms with Crippen LogP contribution in [0.15, 0.2) is 0 Å². The minimum absolute atomic E-state index is 0.128. The summed E-state index contributed by atoms with van der Waals surface area (Å²) in [5.74, 6) is -3.93. The monoisotopic (exact) mass is 206 g/mol. The summed E-state index contributed by atoms with van der Waals surface area (Å²) < 4.78 is 27.2. The number of carbonyl (C=O) groups is 1. The van der Waals surface area contributed by atoms with E-state index in [1.165, 1.54) is 6.92 Å². The maximum absolute atomic E-state index is 13.6. The molecule has 1 fully saturated rings. The Morgan fingerprint density at radius 1 is 1.57 bits per heavy atom. The normalized spacial score (nSPS) is 32.9. The average Bonchev–Trinajstić information content (AvgIpc) is 2.09. The molecule has 0 aromatic rings. The van der Waals surface area contributed by atoms with E-state index in [0.29, 0.717) is 13.1 Å². The van der Waals surface area contributed by atoms with Crippen LogP contribution in [0.1, 0.15) is 20.3 Å². The lowest BCUT2D eigenvalue weighted by molar-refractivity contribution is -0.175. The fourth-order valence-electron chi connectivity index (χ4n) is 1.67. The summed E-state index contributed by atoms with van der Waals surface area (Å²) in [6.07, 6.45) is 0.128. The molecule has 3 nitrogen and oxygen atoms in total. The second kappa shape index (κ2) is 3.46. The first kappa shape index (κ1) is 11.4. The quantitative estimate of drug-likeness (QED) is 0.727. The first-order valence-electron chi connectivity index (χ1n) is 4.73. The van der Waals surface area contributed by atoms with E-state index < -0.39 is 17.2 Å². The van der Waals surface area contributed by atoms with E-state index in [4.69, 9.17) is 5.73 Å². The number of hydrogen-bond acceptors (Lipinski definition) is 2. The molecular weight excluding hydrogens is 190 g/mol. The van der Waals surface area contributed by atoms with Gasteiger partial charge in [-0.05, 0) is 26.4 Å². The van der Waals surface area contributed by atoms with Crippen LogP contribution >= 0.6 is 0 Å². The maximum Gasteiger partial charge on any atom is 0.274 e. The molecule has 0 saturated carbocycles. The van der Waals surface area contributed by atoms with Crippen LogP contribution in [-0.2, 0) is 4.79 Å². The summed E-state index contributed by atoms with van der Waals surface area (Å²) in [7, 11) is 0. The average molecular weight is 206 g/mol. The van der Waals surface area contributed by atoms with Crippen molar-refractivity contribution in [2.24, 2.45) is 11.1 Å². The predicted octanol–water partition coefficient (Wildman–Crippen LogP) is 0.839. The molecule has 1 unspecified atom stereocenters. The Morgan fingerprint density at radius 2 is 2.14 bits per heavy atom. The minimum atomic E-state index is -3.02. The highest BCUT2D eigenvalue weighted by Crippen LogP contribution is 2.43. The Bertz CT molecular complexity index is 245. The standard InChI is InChI=1S/C9H16F2N2O/c1-3-13-5-4-8(2,7(12)14)9(10,11)6-13/h3-6H2,1-2H3,(H2,12,14). The molecule has 1 amide bonds. The zero-order valence-corrected chi connectivity index (χ0v) is 8.52. The van der Waals surface area contributed by atoms with E-state index in [0.717, 1.165) is 0 Å². The Morgan fingerprint density at radius 3 is 2.50 bits per heavy atom. The van der Waals surface area contributed by atoms with Crippen molar-refractivity contribution in [3.63, 3.8) is 0 Å². The number of primary amides is 1. The number of nitrogens with two attached hydrogens (primary N) is 1. The summed E-state index contributed by atoms with van der Waals surface area (Å²) in [6.45, 7) is 3.78. The second-order valence-corrected chi connectivity index (χ2v) is 4.02. The maximum atomic E-state index is 13.6. The number of alkyl halides is 2. The van der Waals surface area contributed by atoms with Gasteiger partial charge in [-0.3, -0.25) is 9.69 Å². The molecule has 0 aliphatic carbocycles. The number of piperidine rings is 1. The van der Waals surface area contributed by atoms with Crippen LogP contribution in [0.4, 0.5) is 8.78 Å². The lowest BCUT2D eigenvalue weighted by Gasteiger charge is -2.43. The first-order valence-corrected chi connectivity index (χ1v) is 4.73. The SMILES string of the molecule is CCN1CCC(C)(C(N)=O)C(F)(F)C1. The molecule has 0 aromatic carbocycles. The van der Waals surface area contributed by atoms with Crippen LogP contribution in [0.3, 0.4) is 0 Å². The highest BCUT2D eigenvalue weighted by Gasteiger charge is 2.57. The number of carbonyl (C=O) groups excluding carboxylic acids is 1.